The first-order valence-electron chi connectivity index (χ1n) is 7.10. The summed E-state index contributed by atoms with van der Waals surface area (Å²) in [5.41, 5.74) is 10.3. The minimum Gasteiger partial charge on any atom is -0.462 e. The zero-order valence-electron chi connectivity index (χ0n) is 12.7. The Bertz CT molecular complexity index is 887. The lowest BCUT2D eigenvalue weighted by atomic mass is 10.2. The Morgan fingerprint density at radius 1 is 1.30 bits per heavy atom. The number of nitrogens with zero attached hydrogens (tertiary/aromatic N) is 3. The van der Waals surface area contributed by atoms with Gasteiger partial charge in [0.25, 0.3) is 0 Å². The second-order valence-corrected chi connectivity index (χ2v) is 5.84. The summed E-state index contributed by atoms with van der Waals surface area (Å²) in [5.74, 6) is -0.344. The number of aromatic nitrogens is 3. The van der Waals surface area contributed by atoms with Crippen LogP contribution in [0.3, 0.4) is 0 Å². The first kappa shape index (κ1) is 15.5. The Hall–Kier alpha value is -2.41. The van der Waals surface area contributed by atoms with Gasteiger partial charge in [-0.15, -0.1) is 10.2 Å². The summed E-state index contributed by atoms with van der Waals surface area (Å²) in [5, 5.41) is 8.92. The van der Waals surface area contributed by atoms with Crippen molar-refractivity contribution in [3.8, 4) is 5.69 Å². The van der Waals surface area contributed by atoms with Crippen molar-refractivity contribution in [1.29, 1.82) is 0 Å². The van der Waals surface area contributed by atoms with Gasteiger partial charge in [0.15, 0.2) is 0 Å². The maximum atomic E-state index is 11.7. The molecule has 118 valence electrons. The molecule has 0 aliphatic carbocycles. The van der Waals surface area contributed by atoms with Crippen LogP contribution >= 0.6 is 15.9 Å². The molecule has 0 aliphatic rings. The van der Waals surface area contributed by atoms with Crippen LogP contribution in [0.25, 0.3) is 16.7 Å². The Kier molecular flexibility index (Phi) is 4.04. The first-order chi connectivity index (χ1) is 11.0. The molecular formula is C16H15BrN4O2. The van der Waals surface area contributed by atoms with Crippen LogP contribution in [0.1, 0.15) is 22.8 Å². The number of rotatable bonds is 3. The number of halogens is 1. The molecule has 0 saturated heterocycles. The number of ether oxygens (including phenoxy) is 1. The molecule has 0 saturated carbocycles. The van der Waals surface area contributed by atoms with Crippen LogP contribution in [0.2, 0.25) is 0 Å². The van der Waals surface area contributed by atoms with E-state index in [0.29, 0.717) is 23.4 Å². The molecule has 0 aliphatic heterocycles. The molecular weight excluding hydrogens is 360 g/mol. The van der Waals surface area contributed by atoms with Crippen molar-refractivity contribution in [3.63, 3.8) is 0 Å². The molecule has 1 aromatic heterocycles. The third-order valence-corrected chi connectivity index (χ3v) is 4.27. The van der Waals surface area contributed by atoms with Gasteiger partial charge in [-0.25, -0.2) is 4.79 Å². The quantitative estimate of drug-likeness (QED) is 0.561. The van der Waals surface area contributed by atoms with Gasteiger partial charge in [0.2, 0.25) is 0 Å². The molecule has 0 atom stereocenters. The van der Waals surface area contributed by atoms with Crippen molar-refractivity contribution in [1.82, 2.24) is 15.0 Å². The average Bonchev–Trinajstić information content (AvgIpc) is 2.97. The van der Waals surface area contributed by atoms with Crippen molar-refractivity contribution in [2.45, 2.75) is 13.8 Å². The lowest BCUT2D eigenvalue weighted by Gasteiger charge is -2.03. The summed E-state index contributed by atoms with van der Waals surface area (Å²) in [4.78, 5) is 13.2. The number of nitrogen functional groups attached to an aromatic ring is 1. The fraction of sp³-hybridized carbons (Fsp3) is 0.188. The van der Waals surface area contributed by atoms with Crippen LogP contribution in [0.5, 0.6) is 0 Å². The molecule has 6 nitrogen and oxygen atoms in total. The van der Waals surface area contributed by atoms with E-state index in [1.165, 1.54) is 4.80 Å². The lowest BCUT2D eigenvalue weighted by molar-refractivity contribution is 0.0526. The van der Waals surface area contributed by atoms with Crippen LogP contribution in [-0.4, -0.2) is 27.6 Å². The third kappa shape index (κ3) is 2.79. The molecule has 0 amide bonds. The van der Waals surface area contributed by atoms with E-state index in [1.54, 1.807) is 31.2 Å². The van der Waals surface area contributed by atoms with Gasteiger partial charge in [-0.1, -0.05) is 0 Å². The van der Waals surface area contributed by atoms with Crippen molar-refractivity contribution in [3.05, 3.63) is 45.9 Å². The molecule has 0 radical (unpaired) electrons. The SMILES string of the molecule is CCOC(=O)c1ccc(-n2nc3cc(C)c(N)c(Br)c3n2)cc1. The average molecular weight is 375 g/mol. The zero-order valence-corrected chi connectivity index (χ0v) is 14.3. The van der Waals surface area contributed by atoms with Gasteiger partial charge in [-0.3, -0.25) is 0 Å². The van der Waals surface area contributed by atoms with E-state index in [-0.39, 0.29) is 5.97 Å². The second kappa shape index (κ2) is 6.00. The lowest BCUT2D eigenvalue weighted by Crippen LogP contribution is -2.05. The van der Waals surface area contributed by atoms with Crippen molar-refractivity contribution in [2.75, 3.05) is 12.3 Å². The molecule has 23 heavy (non-hydrogen) atoms. The minimum absolute atomic E-state index is 0.344. The van der Waals surface area contributed by atoms with Gasteiger partial charge in [-0.2, -0.15) is 4.80 Å². The molecule has 0 spiro atoms. The van der Waals surface area contributed by atoms with Crippen molar-refractivity contribution >= 4 is 38.6 Å². The van der Waals surface area contributed by atoms with E-state index in [0.717, 1.165) is 21.2 Å². The molecule has 1 heterocycles. The summed E-state index contributed by atoms with van der Waals surface area (Å²) in [6.07, 6.45) is 0. The van der Waals surface area contributed by atoms with Gasteiger partial charge in [0.05, 0.1) is 28.0 Å². The number of anilines is 1. The summed E-state index contributed by atoms with van der Waals surface area (Å²) in [7, 11) is 0. The number of esters is 1. The fourth-order valence-corrected chi connectivity index (χ4v) is 2.81. The van der Waals surface area contributed by atoms with E-state index in [4.69, 9.17) is 10.5 Å². The molecule has 0 fully saturated rings. The van der Waals surface area contributed by atoms with E-state index in [2.05, 4.69) is 26.1 Å². The largest absolute Gasteiger partial charge is 0.462 e. The molecule has 7 heteroatoms. The summed E-state index contributed by atoms with van der Waals surface area (Å²) in [6.45, 7) is 4.05. The van der Waals surface area contributed by atoms with Crippen LogP contribution in [0.4, 0.5) is 5.69 Å². The second-order valence-electron chi connectivity index (χ2n) is 5.05. The van der Waals surface area contributed by atoms with Crippen LogP contribution in [-0.2, 0) is 4.74 Å². The molecule has 3 aromatic rings. The highest BCUT2D eigenvalue weighted by molar-refractivity contribution is 9.10. The van der Waals surface area contributed by atoms with Gasteiger partial charge < -0.3 is 10.5 Å². The number of nitrogens with two attached hydrogens (primary N) is 1. The van der Waals surface area contributed by atoms with Gasteiger partial charge in [0.1, 0.15) is 11.0 Å². The number of hydrogen-bond donors (Lipinski definition) is 1. The normalized spacial score (nSPS) is 10.9. The maximum Gasteiger partial charge on any atom is 0.338 e. The standard InChI is InChI=1S/C16H15BrN4O2/c1-3-23-16(22)10-4-6-11(7-5-10)21-19-12-8-9(2)14(18)13(17)15(12)20-21/h4-8H,3,18H2,1-2H3. The van der Waals surface area contributed by atoms with E-state index in [9.17, 15) is 4.79 Å². The van der Waals surface area contributed by atoms with Gasteiger partial charge >= 0.3 is 5.97 Å². The Balaban J connectivity index is 2.00. The number of benzene rings is 2. The van der Waals surface area contributed by atoms with Gasteiger partial charge in [-0.05, 0) is 65.7 Å². The highest BCUT2D eigenvalue weighted by Crippen LogP contribution is 2.30. The summed E-state index contributed by atoms with van der Waals surface area (Å²) >= 11 is 3.46. The number of aryl methyl sites for hydroxylation is 1. The smallest absolute Gasteiger partial charge is 0.338 e. The van der Waals surface area contributed by atoms with Crippen molar-refractivity contribution < 1.29 is 9.53 Å². The van der Waals surface area contributed by atoms with Crippen LogP contribution < -0.4 is 5.73 Å². The highest BCUT2D eigenvalue weighted by atomic mass is 79.9. The maximum absolute atomic E-state index is 11.7. The number of hydrogen-bond acceptors (Lipinski definition) is 5. The Morgan fingerprint density at radius 2 is 2.00 bits per heavy atom. The highest BCUT2D eigenvalue weighted by Gasteiger charge is 2.13. The molecule has 2 aromatic carbocycles. The minimum atomic E-state index is -0.344. The first-order valence-corrected chi connectivity index (χ1v) is 7.89. The predicted molar refractivity (Wildman–Crippen MR) is 91.7 cm³/mol. The summed E-state index contributed by atoms with van der Waals surface area (Å²) < 4.78 is 5.70. The number of fused-ring (bicyclic) bond motifs is 1. The fourth-order valence-electron chi connectivity index (χ4n) is 2.22. The topological polar surface area (TPSA) is 83.0 Å². The third-order valence-electron chi connectivity index (χ3n) is 3.47. The molecule has 2 N–H and O–H groups in total. The zero-order chi connectivity index (χ0) is 16.6. The van der Waals surface area contributed by atoms with E-state index < -0.39 is 0 Å². The monoisotopic (exact) mass is 374 g/mol. The summed E-state index contributed by atoms with van der Waals surface area (Å²) in [6, 6.07) is 8.82. The Labute approximate surface area is 141 Å². The Morgan fingerprint density at radius 3 is 2.65 bits per heavy atom. The molecule has 3 rings (SSSR count). The molecule has 0 bridgehead atoms. The van der Waals surface area contributed by atoms with Crippen LogP contribution in [0.15, 0.2) is 34.8 Å². The van der Waals surface area contributed by atoms with Crippen LogP contribution in [0, 0.1) is 6.92 Å². The van der Waals surface area contributed by atoms with Crippen molar-refractivity contribution in [2.24, 2.45) is 0 Å². The predicted octanol–water partition coefficient (Wildman–Crippen LogP) is 3.25. The van der Waals surface area contributed by atoms with Gasteiger partial charge in [0, 0.05) is 0 Å². The number of carbonyl (C=O) groups excluding carboxylic acids is 1. The van der Waals surface area contributed by atoms with E-state index >= 15 is 0 Å². The number of carbonyl (C=O) groups is 1. The molecule has 0 unspecified atom stereocenters. The van der Waals surface area contributed by atoms with E-state index in [1.807, 2.05) is 13.0 Å².